The maximum Gasteiger partial charge on any atom is 0.220 e. The number of hydrogen-bond acceptors (Lipinski definition) is 5. The largest absolute Gasteiger partial charge is 0.497 e. The molecule has 5 nitrogen and oxygen atoms in total. The molecule has 1 aromatic carbocycles. The highest BCUT2D eigenvalue weighted by Gasteiger charge is 2.08. The Morgan fingerprint density at radius 2 is 2.08 bits per heavy atom. The maximum atomic E-state index is 12.0. The molecule has 0 spiro atoms. The molecule has 0 fully saturated rings. The van der Waals surface area contributed by atoms with E-state index in [-0.39, 0.29) is 5.91 Å². The summed E-state index contributed by atoms with van der Waals surface area (Å²) in [5.74, 6) is 0.842. The van der Waals surface area contributed by atoms with Crippen molar-refractivity contribution in [3.05, 3.63) is 64.7 Å². The van der Waals surface area contributed by atoms with Crippen LogP contribution in [0.25, 0.3) is 11.3 Å². The lowest BCUT2D eigenvalue weighted by molar-refractivity contribution is -0.121. The highest BCUT2D eigenvalue weighted by Crippen LogP contribution is 2.24. The number of hydrogen-bond donors (Lipinski definition) is 1. The van der Waals surface area contributed by atoms with Gasteiger partial charge in [-0.25, -0.2) is 4.98 Å². The van der Waals surface area contributed by atoms with Crippen LogP contribution in [0, 0.1) is 0 Å². The molecule has 0 aliphatic heterocycles. The van der Waals surface area contributed by atoms with Crippen LogP contribution in [0.15, 0.2) is 54.2 Å². The molecule has 2 heterocycles. The van der Waals surface area contributed by atoms with Crippen molar-refractivity contribution in [2.75, 3.05) is 7.11 Å². The Hall–Kier alpha value is -2.73. The zero-order valence-electron chi connectivity index (χ0n) is 13.9. The molecular formula is C19H19N3O2S. The van der Waals surface area contributed by atoms with Gasteiger partial charge >= 0.3 is 0 Å². The zero-order valence-corrected chi connectivity index (χ0v) is 14.8. The molecule has 25 heavy (non-hydrogen) atoms. The van der Waals surface area contributed by atoms with Crippen LogP contribution in [0.2, 0.25) is 0 Å². The molecule has 0 saturated heterocycles. The van der Waals surface area contributed by atoms with Gasteiger partial charge in [0.2, 0.25) is 5.91 Å². The molecule has 0 aliphatic carbocycles. The molecule has 128 valence electrons. The number of aryl methyl sites for hydroxylation is 1. The van der Waals surface area contributed by atoms with Crippen LogP contribution in [-0.2, 0) is 17.8 Å². The number of pyridine rings is 1. The van der Waals surface area contributed by atoms with Crippen LogP contribution in [0.3, 0.4) is 0 Å². The van der Waals surface area contributed by atoms with E-state index < -0.39 is 0 Å². The summed E-state index contributed by atoms with van der Waals surface area (Å²) in [7, 11) is 1.65. The fourth-order valence-corrected chi connectivity index (χ4v) is 3.14. The van der Waals surface area contributed by atoms with Crippen LogP contribution >= 0.6 is 11.3 Å². The number of methoxy groups -OCH3 is 1. The SMILES string of the molecule is COc1ccc(-c2csc(CCC(=O)NCc3cccnc3)n2)cc1. The molecule has 3 aromatic rings. The molecule has 1 N–H and O–H groups in total. The van der Waals surface area contributed by atoms with Crippen molar-refractivity contribution in [1.29, 1.82) is 0 Å². The zero-order chi connectivity index (χ0) is 17.5. The summed E-state index contributed by atoms with van der Waals surface area (Å²) in [6.45, 7) is 0.502. The second kappa shape index (κ2) is 8.39. The number of ether oxygens (including phenoxy) is 1. The highest BCUT2D eigenvalue weighted by molar-refractivity contribution is 7.09. The Balaban J connectivity index is 1.50. The lowest BCUT2D eigenvalue weighted by Gasteiger charge is -2.04. The average molecular weight is 353 g/mol. The molecule has 1 amide bonds. The van der Waals surface area contributed by atoms with Crippen molar-refractivity contribution in [2.45, 2.75) is 19.4 Å². The minimum atomic E-state index is 0.0186. The summed E-state index contributed by atoms with van der Waals surface area (Å²) in [5.41, 5.74) is 2.97. The van der Waals surface area contributed by atoms with Crippen molar-refractivity contribution in [3.63, 3.8) is 0 Å². The molecule has 0 saturated carbocycles. The smallest absolute Gasteiger partial charge is 0.220 e. The molecule has 2 aromatic heterocycles. The maximum absolute atomic E-state index is 12.0. The van der Waals surface area contributed by atoms with Gasteiger partial charge in [-0.1, -0.05) is 6.07 Å². The number of benzene rings is 1. The highest BCUT2D eigenvalue weighted by atomic mass is 32.1. The number of nitrogens with one attached hydrogen (secondary N) is 1. The second-order valence-electron chi connectivity index (χ2n) is 5.49. The van der Waals surface area contributed by atoms with Gasteiger partial charge in [0.1, 0.15) is 5.75 Å². The average Bonchev–Trinajstić information content (AvgIpc) is 3.14. The molecule has 0 unspecified atom stereocenters. The summed E-state index contributed by atoms with van der Waals surface area (Å²) in [4.78, 5) is 20.6. The van der Waals surface area contributed by atoms with E-state index in [1.165, 1.54) is 0 Å². The van der Waals surface area contributed by atoms with E-state index in [1.54, 1.807) is 30.8 Å². The van der Waals surface area contributed by atoms with E-state index >= 15 is 0 Å². The van der Waals surface area contributed by atoms with E-state index in [0.717, 1.165) is 27.6 Å². The number of aromatic nitrogens is 2. The summed E-state index contributed by atoms with van der Waals surface area (Å²) in [5, 5.41) is 5.88. The predicted molar refractivity (Wildman–Crippen MR) is 98.5 cm³/mol. The lowest BCUT2D eigenvalue weighted by atomic mass is 10.2. The van der Waals surface area contributed by atoms with Gasteiger partial charge in [0.15, 0.2) is 0 Å². The van der Waals surface area contributed by atoms with Crippen LogP contribution in [0.5, 0.6) is 5.75 Å². The quantitative estimate of drug-likeness (QED) is 0.706. The number of nitrogens with zero attached hydrogens (tertiary/aromatic N) is 2. The third-order valence-corrected chi connectivity index (χ3v) is 4.62. The van der Waals surface area contributed by atoms with Gasteiger partial charge in [-0.05, 0) is 35.9 Å². The monoisotopic (exact) mass is 353 g/mol. The first kappa shape index (κ1) is 17.1. The molecule has 0 aliphatic rings. The lowest BCUT2D eigenvalue weighted by Crippen LogP contribution is -2.23. The van der Waals surface area contributed by atoms with Crippen molar-refractivity contribution in [1.82, 2.24) is 15.3 Å². The summed E-state index contributed by atoms with van der Waals surface area (Å²) < 4.78 is 5.16. The Kier molecular flexibility index (Phi) is 5.74. The first-order valence-corrected chi connectivity index (χ1v) is 8.87. The molecule has 3 rings (SSSR count). The third kappa shape index (κ3) is 4.87. The van der Waals surface area contributed by atoms with Gasteiger partial charge in [-0.15, -0.1) is 11.3 Å². The van der Waals surface area contributed by atoms with Crippen molar-refractivity contribution >= 4 is 17.2 Å². The van der Waals surface area contributed by atoms with Crippen molar-refractivity contribution in [2.24, 2.45) is 0 Å². The summed E-state index contributed by atoms with van der Waals surface area (Å²) in [6.07, 6.45) is 4.53. The predicted octanol–water partition coefficient (Wildman–Crippen LogP) is 3.46. The Labute approximate surface area is 150 Å². The molecular weight excluding hydrogens is 334 g/mol. The van der Waals surface area contributed by atoms with Crippen LogP contribution in [0.1, 0.15) is 17.0 Å². The Bertz CT molecular complexity index is 816. The minimum Gasteiger partial charge on any atom is -0.497 e. The summed E-state index contributed by atoms with van der Waals surface area (Å²) >= 11 is 1.58. The van der Waals surface area contributed by atoms with Gasteiger partial charge in [0.05, 0.1) is 17.8 Å². The van der Waals surface area contributed by atoms with Gasteiger partial charge < -0.3 is 10.1 Å². The van der Waals surface area contributed by atoms with Gasteiger partial charge in [-0.2, -0.15) is 0 Å². The fraction of sp³-hybridized carbons (Fsp3) is 0.211. The Morgan fingerprint density at radius 1 is 1.24 bits per heavy atom. The van der Waals surface area contributed by atoms with Crippen LogP contribution in [-0.4, -0.2) is 23.0 Å². The second-order valence-corrected chi connectivity index (χ2v) is 6.44. The molecule has 0 atom stereocenters. The van der Waals surface area contributed by atoms with Crippen LogP contribution in [0.4, 0.5) is 0 Å². The number of thiazole rings is 1. The molecule has 0 radical (unpaired) electrons. The van der Waals surface area contributed by atoms with Crippen molar-refractivity contribution in [3.8, 4) is 17.0 Å². The van der Waals surface area contributed by atoms with E-state index in [2.05, 4.69) is 15.3 Å². The number of rotatable bonds is 7. The minimum absolute atomic E-state index is 0.0186. The Morgan fingerprint density at radius 3 is 2.80 bits per heavy atom. The van der Waals surface area contributed by atoms with E-state index in [1.807, 2.05) is 41.8 Å². The normalized spacial score (nSPS) is 10.4. The summed E-state index contributed by atoms with van der Waals surface area (Å²) in [6, 6.07) is 11.6. The van der Waals surface area contributed by atoms with Gasteiger partial charge in [0, 0.05) is 42.7 Å². The first-order valence-electron chi connectivity index (χ1n) is 7.99. The van der Waals surface area contributed by atoms with Crippen LogP contribution < -0.4 is 10.1 Å². The van der Waals surface area contributed by atoms with E-state index in [4.69, 9.17) is 4.74 Å². The standard InChI is InChI=1S/C19H19N3O2S/c1-24-16-6-4-15(5-7-16)17-13-25-19(22-17)9-8-18(23)21-12-14-3-2-10-20-11-14/h2-7,10-11,13H,8-9,12H2,1H3,(H,21,23). The topological polar surface area (TPSA) is 64.1 Å². The van der Waals surface area contributed by atoms with Crippen molar-refractivity contribution < 1.29 is 9.53 Å². The third-order valence-electron chi connectivity index (χ3n) is 3.72. The van der Waals surface area contributed by atoms with E-state index in [0.29, 0.717) is 19.4 Å². The molecule has 6 heteroatoms. The van der Waals surface area contributed by atoms with Gasteiger partial charge in [-0.3, -0.25) is 9.78 Å². The molecule has 0 bridgehead atoms. The van der Waals surface area contributed by atoms with E-state index in [9.17, 15) is 4.79 Å². The van der Waals surface area contributed by atoms with Gasteiger partial charge in [0.25, 0.3) is 0 Å². The first-order chi connectivity index (χ1) is 12.2. The number of carbonyl (C=O) groups excluding carboxylic acids is 1. The number of carbonyl (C=O) groups is 1. The number of amides is 1. The fourth-order valence-electron chi connectivity index (χ4n) is 2.33.